The standard InChI is InChI=1S/C14H11Br2FN2O2/c1-21-7-2-3-9(15)13(4-7)19-14(20)8-5-12(18)11(17)6-10(8)16/h2-6H,18H2,1H3,(H,19,20). The van der Waals surface area contributed by atoms with Gasteiger partial charge in [0.15, 0.2) is 0 Å². The normalized spacial score (nSPS) is 10.3. The van der Waals surface area contributed by atoms with Crippen molar-refractivity contribution in [3.63, 3.8) is 0 Å². The van der Waals surface area contributed by atoms with Crippen LogP contribution in [0.2, 0.25) is 0 Å². The number of halogens is 3. The lowest BCUT2D eigenvalue weighted by Gasteiger charge is -2.11. The third-order valence-corrected chi connectivity index (χ3v) is 4.10. The van der Waals surface area contributed by atoms with Crippen molar-refractivity contribution in [2.24, 2.45) is 0 Å². The van der Waals surface area contributed by atoms with Gasteiger partial charge in [-0.15, -0.1) is 0 Å². The Hall–Kier alpha value is -1.60. The van der Waals surface area contributed by atoms with Gasteiger partial charge in [-0.1, -0.05) is 0 Å². The van der Waals surface area contributed by atoms with Crippen LogP contribution in [-0.4, -0.2) is 13.0 Å². The lowest BCUT2D eigenvalue weighted by Crippen LogP contribution is -2.14. The summed E-state index contributed by atoms with van der Waals surface area (Å²) in [5.41, 5.74) is 6.18. The van der Waals surface area contributed by atoms with Crippen LogP contribution < -0.4 is 15.8 Å². The number of hydrogen-bond donors (Lipinski definition) is 2. The van der Waals surface area contributed by atoms with Crippen LogP contribution in [0.4, 0.5) is 15.8 Å². The summed E-state index contributed by atoms with van der Waals surface area (Å²) >= 11 is 6.49. The van der Waals surface area contributed by atoms with Crippen molar-refractivity contribution in [2.45, 2.75) is 0 Å². The number of ether oxygens (including phenoxy) is 1. The van der Waals surface area contributed by atoms with Gasteiger partial charge in [0.1, 0.15) is 11.6 Å². The summed E-state index contributed by atoms with van der Waals surface area (Å²) in [5.74, 6) is -0.394. The lowest BCUT2D eigenvalue weighted by atomic mass is 10.1. The molecule has 110 valence electrons. The van der Waals surface area contributed by atoms with Gasteiger partial charge >= 0.3 is 0 Å². The Kier molecular flexibility index (Phi) is 4.84. The molecule has 2 aromatic rings. The molecule has 0 atom stereocenters. The molecule has 2 aromatic carbocycles. The third-order valence-electron chi connectivity index (χ3n) is 2.75. The Morgan fingerprint density at radius 2 is 1.95 bits per heavy atom. The minimum absolute atomic E-state index is 0.0898. The van der Waals surface area contributed by atoms with Crippen LogP contribution in [0.5, 0.6) is 5.75 Å². The van der Waals surface area contributed by atoms with E-state index in [2.05, 4.69) is 37.2 Å². The molecule has 0 spiro atoms. The molecule has 7 heteroatoms. The predicted octanol–water partition coefficient (Wildman–Crippen LogP) is 4.19. The van der Waals surface area contributed by atoms with Crippen molar-refractivity contribution in [2.75, 3.05) is 18.2 Å². The maximum Gasteiger partial charge on any atom is 0.256 e. The van der Waals surface area contributed by atoms with E-state index in [9.17, 15) is 9.18 Å². The summed E-state index contributed by atoms with van der Waals surface area (Å²) in [6.45, 7) is 0. The maximum absolute atomic E-state index is 13.3. The molecule has 0 aromatic heterocycles. The van der Waals surface area contributed by atoms with Gasteiger partial charge in [0, 0.05) is 15.0 Å². The van der Waals surface area contributed by atoms with Crippen LogP contribution >= 0.6 is 31.9 Å². The van der Waals surface area contributed by atoms with E-state index < -0.39 is 11.7 Å². The molecule has 21 heavy (non-hydrogen) atoms. The Labute approximate surface area is 137 Å². The van der Waals surface area contributed by atoms with Crippen molar-refractivity contribution >= 4 is 49.1 Å². The second-order valence-electron chi connectivity index (χ2n) is 4.15. The third kappa shape index (κ3) is 3.54. The van der Waals surface area contributed by atoms with Gasteiger partial charge < -0.3 is 15.8 Å². The number of nitrogen functional groups attached to an aromatic ring is 1. The summed E-state index contributed by atoms with van der Waals surface area (Å²) < 4.78 is 19.4. The molecule has 4 nitrogen and oxygen atoms in total. The van der Waals surface area contributed by atoms with E-state index in [1.54, 1.807) is 18.2 Å². The highest BCUT2D eigenvalue weighted by molar-refractivity contribution is 9.11. The van der Waals surface area contributed by atoms with Gasteiger partial charge in [-0.3, -0.25) is 4.79 Å². The summed E-state index contributed by atoms with van der Waals surface area (Å²) in [7, 11) is 1.53. The molecule has 0 aliphatic carbocycles. The summed E-state index contributed by atoms with van der Waals surface area (Å²) in [6, 6.07) is 7.62. The maximum atomic E-state index is 13.3. The Morgan fingerprint density at radius 1 is 1.24 bits per heavy atom. The van der Waals surface area contributed by atoms with E-state index in [1.807, 2.05) is 0 Å². The van der Waals surface area contributed by atoms with Crippen molar-refractivity contribution in [1.29, 1.82) is 0 Å². The smallest absolute Gasteiger partial charge is 0.256 e. The SMILES string of the molecule is COc1ccc(Br)c(NC(=O)c2cc(N)c(F)cc2Br)c1. The highest BCUT2D eigenvalue weighted by Crippen LogP contribution is 2.29. The van der Waals surface area contributed by atoms with Crippen molar-refractivity contribution in [1.82, 2.24) is 0 Å². The molecule has 0 bridgehead atoms. The van der Waals surface area contributed by atoms with Crippen molar-refractivity contribution in [3.8, 4) is 5.75 Å². The molecule has 0 radical (unpaired) electrons. The zero-order valence-electron chi connectivity index (χ0n) is 10.9. The molecule has 3 N–H and O–H groups in total. The number of benzene rings is 2. The minimum atomic E-state index is -0.582. The van der Waals surface area contributed by atoms with Gasteiger partial charge in [0.25, 0.3) is 5.91 Å². The summed E-state index contributed by atoms with van der Waals surface area (Å²) in [4.78, 5) is 12.3. The zero-order valence-corrected chi connectivity index (χ0v) is 14.1. The Morgan fingerprint density at radius 3 is 2.62 bits per heavy atom. The number of carbonyl (C=O) groups is 1. The molecule has 0 aliphatic heterocycles. The molecule has 0 aliphatic rings. The molecule has 0 unspecified atom stereocenters. The lowest BCUT2D eigenvalue weighted by molar-refractivity contribution is 0.102. The van der Waals surface area contributed by atoms with Gasteiger partial charge in [0.05, 0.1) is 24.0 Å². The molecule has 0 heterocycles. The monoisotopic (exact) mass is 416 g/mol. The number of amides is 1. The Balaban J connectivity index is 2.32. The van der Waals surface area contributed by atoms with Crippen LogP contribution in [0.25, 0.3) is 0 Å². The number of rotatable bonds is 3. The highest BCUT2D eigenvalue weighted by Gasteiger charge is 2.15. The molecule has 1 amide bonds. The van der Waals surface area contributed by atoms with Crippen molar-refractivity contribution < 1.29 is 13.9 Å². The number of nitrogens with one attached hydrogen (secondary N) is 1. The first-order valence-corrected chi connectivity index (χ1v) is 7.40. The van der Waals surface area contributed by atoms with Crippen LogP contribution in [0.15, 0.2) is 39.3 Å². The molecule has 2 rings (SSSR count). The van der Waals surface area contributed by atoms with Gasteiger partial charge in [-0.25, -0.2) is 4.39 Å². The number of hydrogen-bond acceptors (Lipinski definition) is 3. The summed E-state index contributed by atoms with van der Waals surface area (Å²) in [5, 5.41) is 2.71. The molecule has 0 fully saturated rings. The van der Waals surface area contributed by atoms with Crippen LogP contribution in [-0.2, 0) is 0 Å². The van der Waals surface area contributed by atoms with E-state index in [-0.39, 0.29) is 11.3 Å². The molecule has 0 saturated carbocycles. The average Bonchev–Trinajstić information content (AvgIpc) is 2.45. The first kappa shape index (κ1) is 15.8. The second kappa shape index (κ2) is 6.44. The van der Waals surface area contributed by atoms with E-state index in [0.717, 1.165) is 6.07 Å². The fraction of sp³-hybridized carbons (Fsp3) is 0.0714. The highest BCUT2D eigenvalue weighted by atomic mass is 79.9. The molecular weight excluding hydrogens is 407 g/mol. The fourth-order valence-corrected chi connectivity index (χ4v) is 2.50. The largest absolute Gasteiger partial charge is 0.497 e. The van der Waals surface area contributed by atoms with Crippen LogP contribution in [0.3, 0.4) is 0 Å². The van der Waals surface area contributed by atoms with E-state index >= 15 is 0 Å². The number of anilines is 2. The van der Waals surface area contributed by atoms with Crippen molar-refractivity contribution in [3.05, 3.63) is 50.7 Å². The number of carbonyl (C=O) groups excluding carboxylic acids is 1. The Bertz CT molecular complexity index is 708. The number of methoxy groups -OCH3 is 1. The summed E-state index contributed by atoms with van der Waals surface area (Å²) in [6.07, 6.45) is 0. The van der Waals surface area contributed by atoms with Gasteiger partial charge in [0.2, 0.25) is 0 Å². The van der Waals surface area contributed by atoms with E-state index in [4.69, 9.17) is 10.5 Å². The zero-order chi connectivity index (χ0) is 15.6. The molecular formula is C14H11Br2FN2O2. The van der Waals surface area contributed by atoms with Gasteiger partial charge in [-0.2, -0.15) is 0 Å². The first-order chi connectivity index (χ1) is 9.92. The number of nitrogens with two attached hydrogens (primary N) is 1. The van der Waals surface area contributed by atoms with Gasteiger partial charge in [-0.05, 0) is 56.1 Å². The molecule has 0 saturated heterocycles. The second-order valence-corrected chi connectivity index (χ2v) is 5.86. The fourth-order valence-electron chi connectivity index (χ4n) is 1.66. The van der Waals surface area contributed by atoms with E-state index in [1.165, 1.54) is 13.2 Å². The van der Waals surface area contributed by atoms with E-state index in [0.29, 0.717) is 20.4 Å². The topological polar surface area (TPSA) is 64.3 Å². The van der Waals surface area contributed by atoms with Crippen LogP contribution in [0.1, 0.15) is 10.4 Å². The van der Waals surface area contributed by atoms with Crippen LogP contribution in [0, 0.1) is 5.82 Å². The quantitative estimate of drug-likeness (QED) is 0.735. The average molecular weight is 418 g/mol. The first-order valence-electron chi connectivity index (χ1n) is 5.81. The minimum Gasteiger partial charge on any atom is -0.497 e. The predicted molar refractivity (Wildman–Crippen MR) is 87.2 cm³/mol.